The minimum Gasteiger partial charge on any atom is -0.494 e. The Labute approximate surface area is 168 Å². The molecule has 3 fully saturated rings. The third kappa shape index (κ3) is 3.71. The van der Waals surface area contributed by atoms with Crippen LogP contribution in [-0.2, 0) is 23.9 Å². The standard InChI is InChI=1S/C21H24N2O6/c1-2-28-15-7-5-14(6-8-15)22-16(24)11-29-17(25)10-23-20(26)18-12-3-4-13(9-12)19(18)21(23)27/h5-8,12-13,18-19H,2-4,9-11H2,1H3,(H,22,24)/t12-,13-,18+,19+/m0/s1. The fraction of sp³-hybridized carbons (Fsp3) is 0.524. The predicted octanol–water partition coefficient (Wildman–Crippen LogP) is 1.60. The molecule has 1 N–H and O–H groups in total. The molecule has 1 saturated heterocycles. The van der Waals surface area contributed by atoms with Crippen molar-refractivity contribution in [3.8, 4) is 5.75 Å². The van der Waals surface area contributed by atoms with E-state index in [1.165, 1.54) is 0 Å². The molecular weight excluding hydrogens is 376 g/mol. The van der Waals surface area contributed by atoms with E-state index in [1.54, 1.807) is 24.3 Å². The van der Waals surface area contributed by atoms with Crippen molar-refractivity contribution in [2.24, 2.45) is 23.7 Å². The molecule has 0 spiro atoms. The van der Waals surface area contributed by atoms with Crippen LogP contribution in [0, 0.1) is 23.7 Å². The first kappa shape index (κ1) is 19.4. The number of nitrogens with zero attached hydrogens (tertiary/aromatic N) is 1. The summed E-state index contributed by atoms with van der Waals surface area (Å²) < 4.78 is 10.3. The van der Waals surface area contributed by atoms with Crippen LogP contribution in [0.4, 0.5) is 5.69 Å². The summed E-state index contributed by atoms with van der Waals surface area (Å²) in [5.74, 6) is -1.10. The third-order valence-corrected chi connectivity index (χ3v) is 6.12. The summed E-state index contributed by atoms with van der Waals surface area (Å²) in [5, 5.41) is 2.61. The minimum atomic E-state index is -0.763. The summed E-state index contributed by atoms with van der Waals surface area (Å²) >= 11 is 0. The molecule has 2 saturated carbocycles. The first-order chi connectivity index (χ1) is 14.0. The van der Waals surface area contributed by atoms with Crippen molar-refractivity contribution in [2.45, 2.75) is 26.2 Å². The predicted molar refractivity (Wildman–Crippen MR) is 102 cm³/mol. The molecule has 3 aliphatic rings. The van der Waals surface area contributed by atoms with Crippen molar-refractivity contribution in [3.63, 3.8) is 0 Å². The second-order valence-corrected chi connectivity index (χ2v) is 7.81. The van der Waals surface area contributed by atoms with Crippen LogP contribution in [0.15, 0.2) is 24.3 Å². The normalized spacial score (nSPS) is 27.1. The summed E-state index contributed by atoms with van der Waals surface area (Å²) in [6, 6.07) is 6.80. The lowest BCUT2D eigenvalue weighted by Gasteiger charge is -2.19. The molecule has 1 aliphatic heterocycles. The van der Waals surface area contributed by atoms with E-state index in [1.807, 2.05) is 6.92 Å². The zero-order valence-electron chi connectivity index (χ0n) is 16.3. The highest BCUT2D eigenvalue weighted by atomic mass is 16.5. The van der Waals surface area contributed by atoms with E-state index in [-0.39, 0.29) is 35.5 Å². The van der Waals surface area contributed by atoms with Crippen molar-refractivity contribution >= 4 is 29.4 Å². The van der Waals surface area contributed by atoms with Gasteiger partial charge in [0.2, 0.25) is 11.8 Å². The molecule has 3 amide bonds. The minimum absolute atomic E-state index is 0.261. The van der Waals surface area contributed by atoms with Gasteiger partial charge < -0.3 is 14.8 Å². The first-order valence-corrected chi connectivity index (χ1v) is 10.0. The number of likely N-dealkylation sites (tertiary alicyclic amines) is 1. The number of hydrogen-bond acceptors (Lipinski definition) is 6. The molecule has 29 heavy (non-hydrogen) atoms. The highest BCUT2D eigenvalue weighted by Gasteiger charge is 2.61. The summed E-state index contributed by atoms with van der Waals surface area (Å²) in [7, 11) is 0. The van der Waals surface area contributed by atoms with E-state index in [0.717, 1.165) is 24.2 Å². The Hall–Kier alpha value is -2.90. The van der Waals surface area contributed by atoms with Gasteiger partial charge in [-0.15, -0.1) is 0 Å². The lowest BCUT2D eigenvalue weighted by Crippen LogP contribution is -2.38. The van der Waals surface area contributed by atoms with Gasteiger partial charge >= 0.3 is 5.97 Å². The third-order valence-electron chi connectivity index (χ3n) is 6.12. The van der Waals surface area contributed by atoms with Crippen molar-refractivity contribution < 1.29 is 28.7 Å². The van der Waals surface area contributed by atoms with Crippen LogP contribution in [-0.4, -0.2) is 48.3 Å². The summed E-state index contributed by atoms with van der Waals surface area (Å²) in [6.45, 7) is 1.51. The second kappa shape index (κ2) is 7.85. The second-order valence-electron chi connectivity index (χ2n) is 7.81. The molecule has 0 aromatic heterocycles. The van der Waals surface area contributed by atoms with Crippen LogP contribution >= 0.6 is 0 Å². The van der Waals surface area contributed by atoms with Crippen LogP contribution in [0.25, 0.3) is 0 Å². The van der Waals surface area contributed by atoms with Crippen molar-refractivity contribution in [2.75, 3.05) is 25.1 Å². The molecule has 8 nitrogen and oxygen atoms in total. The van der Waals surface area contributed by atoms with E-state index in [9.17, 15) is 19.2 Å². The summed E-state index contributed by atoms with van der Waals surface area (Å²) in [6.07, 6.45) is 2.90. The fourth-order valence-corrected chi connectivity index (χ4v) is 4.95. The zero-order valence-corrected chi connectivity index (χ0v) is 16.3. The van der Waals surface area contributed by atoms with Crippen LogP contribution in [0.5, 0.6) is 5.75 Å². The quantitative estimate of drug-likeness (QED) is 0.551. The van der Waals surface area contributed by atoms with E-state index in [4.69, 9.17) is 9.47 Å². The van der Waals surface area contributed by atoms with Crippen LogP contribution in [0.2, 0.25) is 0 Å². The van der Waals surface area contributed by atoms with Gasteiger partial charge in [-0.1, -0.05) is 0 Å². The molecule has 1 aromatic carbocycles. The van der Waals surface area contributed by atoms with Gasteiger partial charge in [0.15, 0.2) is 6.61 Å². The largest absolute Gasteiger partial charge is 0.494 e. The Morgan fingerprint density at radius 2 is 1.69 bits per heavy atom. The Morgan fingerprint density at radius 1 is 1.07 bits per heavy atom. The van der Waals surface area contributed by atoms with E-state index in [2.05, 4.69) is 5.32 Å². The summed E-state index contributed by atoms with van der Waals surface area (Å²) in [5.41, 5.74) is 0.544. The van der Waals surface area contributed by atoms with Gasteiger partial charge in [0.25, 0.3) is 5.91 Å². The van der Waals surface area contributed by atoms with Crippen molar-refractivity contribution in [1.29, 1.82) is 0 Å². The van der Waals surface area contributed by atoms with Gasteiger partial charge in [-0.3, -0.25) is 24.1 Å². The molecule has 154 valence electrons. The van der Waals surface area contributed by atoms with E-state index in [0.29, 0.717) is 18.0 Å². The molecule has 2 aliphatic carbocycles. The fourth-order valence-electron chi connectivity index (χ4n) is 4.95. The first-order valence-electron chi connectivity index (χ1n) is 10.0. The number of fused-ring (bicyclic) bond motifs is 5. The topological polar surface area (TPSA) is 102 Å². The molecule has 4 atom stereocenters. The number of rotatable bonds is 7. The van der Waals surface area contributed by atoms with E-state index >= 15 is 0 Å². The van der Waals surface area contributed by atoms with Gasteiger partial charge in [0, 0.05) is 5.69 Å². The van der Waals surface area contributed by atoms with E-state index < -0.39 is 25.0 Å². The molecule has 8 heteroatoms. The van der Waals surface area contributed by atoms with Crippen LogP contribution in [0.1, 0.15) is 26.2 Å². The molecule has 0 unspecified atom stereocenters. The zero-order chi connectivity index (χ0) is 20.5. The Morgan fingerprint density at radius 3 is 2.28 bits per heavy atom. The lowest BCUT2D eigenvalue weighted by molar-refractivity contribution is -0.154. The average Bonchev–Trinajstić information content (AvgIpc) is 3.38. The van der Waals surface area contributed by atoms with Gasteiger partial charge in [-0.2, -0.15) is 0 Å². The smallest absolute Gasteiger partial charge is 0.326 e. The maximum absolute atomic E-state index is 12.6. The number of amides is 3. The highest BCUT2D eigenvalue weighted by molar-refractivity contribution is 6.07. The SMILES string of the molecule is CCOc1ccc(NC(=O)COC(=O)CN2C(=O)[C@@H]3[C@H]4CC[C@@H](C4)[C@H]3C2=O)cc1. The van der Waals surface area contributed by atoms with Crippen molar-refractivity contribution in [1.82, 2.24) is 4.90 Å². The molecule has 4 rings (SSSR count). The Balaban J connectivity index is 1.25. The molecular formula is C21H24N2O6. The number of carbonyl (C=O) groups is 4. The molecule has 1 aromatic rings. The monoisotopic (exact) mass is 400 g/mol. The number of esters is 1. The van der Waals surface area contributed by atoms with Gasteiger partial charge in [-0.05, 0) is 62.3 Å². The molecule has 2 bridgehead atoms. The average molecular weight is 400 g/mol. The number of nitrogens with one attached hydrogen (secondary N) is 1. The summed E-state index contributed by atoms with van der Waals surface area (Å²) in [4.78, 5) is 50.3. The highest BCUT2D eigenvalue weighted by Crippen LogP contribution is 2.56. The number of carbonyl (C=O) groups excluding carboxylic acids is 4. The number of ether oxygens (including phenoxy) is 2. The van der Waals surface area contributed by atoms with Gasteiger partial charge in [0.1, 0.15) is 12.3 Å². The Kier molecular flexibility index (Phi) is 5.25. The molecule has 0 radical (unpaired) electrons. The van der Waals surface area contributed by atoms with Crippen molar-refractivity contribution in [3.05, 3.63) is 24.3 Å². The number of hydrogen-bond donors (Lipinski definition) is 1. The number of imide groups is 1. The lowest BCUT2D eigenvalue weighted by atomic mass is 9.81. The van der Waals surface area contributed by atoms with Crippen LogP contribution in [0.3, 0.4) is 0 Å². The number of benzene rings is 1. The molecule has 1 heterocycles. The maximum Gasteiger partial charge on any atom is 0.326 e. The van der Waals surface area contributed by atoms with Gasteiger partial charge in [0.05, 0.1) is 18.4 Å². The maximum atomic E-state index is 12.6. The Bertz CT molecular complexity index is 808. The number of anilines is 1. The van der Waals surface area contributed by atoms with Crippen LogP contribution < -0.4 is 10.1 Å². The van der Waals surface area contributed by atoms with Gasteiger partial charge in [-0.25, -0.2) is 0 Å².